The third kappa shape index (κ3) is 3.80. The summed E-state index contributed by atoms with van der Waals surface area (Å²) in [6.07, 6.45) is 1.14. The summed E-state index contributed by atoms with van der Waals surface area (Å²) < 4.78 is 6.71. The molecule has 0 heterocycles. The fourth-order valence-corrected chi connectivity index (χ4v) is 1.96. The topological polar surface area (TPSA) is 21.3 Å². The Morgan fingerprint density at radius 2 is 2.12 bits per heavy atom. The maximum atomic E-state index is 5.65. The van der Waals surface area contributed by atoms with Crippen LogP contribution in [0.1, 0.15) is 38.8 Å². The first-order valence-corrected chi connectivity index (χ1v) is 6.64. The molecule has 0 radical (unpaired) electrons. The van der Waals surface area contributed by atoms with E-state index in [4.69, 9.17) is 4.74 Å². The number of ether oxygens (including phenoxy) is 1. The van der Waals surface area contributed by atoms with E-state index < -0.39 is 0 Å². The Kier molecular flexibility index (Phi) is 5.85. The molecule has 1 N–H and O–H groups in total. The highest BCUT2D eigenvalue weighted by molar-refractivity contribution is 9.10. The molecule has 0 saturated heterocycles. The highest BCUT2D eigenvalue weighted by atomic mass is 79.9. The summed E-state index contributed by atoms with van der Waals surface area (Å²) in [7, 11) is 0. The van der Waals surface area contributed by atoms with Crippen LogP contribution in [0.5, 0.6) is 5.75 Å². The van der Waals surface area contributed by atoms with Crippen LogP contribution >= 0.6 is 15.9 Å². The average Bonchev–Trinajstić information content (AvgIpc) is 2.26. The van der Waals surface area contributed by atoms with Crippen LogP contribution in [-0.4, -0.2) is 13.2 Å². The first-order valence-electron chi connectivity index (χ1n) is 5.84. The van der Waals surface area contributed by atoms with Gasteiger partial charge in [0.2, 0.25) is 0 Å². The second-order valence-electron chi connectivity index (χ2n) is 3.79. The molecule has 0 saturated carbocycles. The van der Waals surface area contributed by atoms with E-state index in [0.29, 0.717) is 12.6 Å². The molecule has 0 aliphatic rings. The van der Waals surface area contributed by atoms with Crippen molar-refractivity contribution in [3.05, 3.63) is 28.2 Å². The van der Waals surface area contributed by atoms with Gasteiger partial charge in [0.25, 0.3) is 0 Å². The molecular formula is C13H20BrNO. The van der Waals surface area contributed by atoms with E-state index in [0.717, 1.165) is 23.2 Å². The monoisotopic (exact) mass is 285 g/mol. The second kappa shape index (κ2) is 6.92. The maximum Gasteiger partial charge on any atom is 0.125 e. The van der Waals surface area contributed by atoms with Gasteiger partial charge in [-0.15, -0.1) is 0 Å². The molecule has 0 fully saturated rings. The Morgan fingerprint density at radius 1 is 1.38 bits per heavy atom. The van der Waals surface area contributed by atoms with Crippen LogP contribution in [0.15, 0.2) is 22.7 Å². The molecule has 3 heteroatoms. The Balaban J connectivity index is 2.84. The number of nitrogens with one attached hydrogen (secondary N) is 1. The molecule has 90 valence electrons. The van der Waals surface area contributed by atoms with Gasteiger partial charge in [0.15, 0.2) is 0 Å². The van der Waals surface area contributed by atoms with Gasteiger partial charge >= 0.3 is 0 Å². The number of benzene rings is 1. The molecule has 1 aromatic rings. The van der Waals surface area contributed by atoms with Crippen molar-refractivity contribution < 1.29 is 4.74 Å². The van der Waals surface area contributed by atoms with Crippen molar-refractivity contribution in [2.75, 3.05) is 13.2 Å². The zero-order valence-electron chi connectivity index (χ0n) is 10.2. The molecule has 0 spiro atoms. The van der Waals surface area contributed by atoms with Crippen LogP contribution in [0.3, 0.4) is 0 Å². The fourth-order valence-electron chi connectivity index (χ4n) is 1.62. The van der Waals surface area contributed by atoms with Crippen molar-refractivity contribution in [3.8, 4) is 5.75 Å². The first-order chi connectivity index (χ1) is 7.69. The predicted octanol–water partition coefficient (Wildman–Crippen LogP) is 3.91. The van der Waals surface area contributed by atoms with Gasteiger partial charge in [0.1, 0.15) is 5.75 Å². The average molecular weight is 286 g/mol. The minimum absolute atomic E-state index is 0.328. The summed E-state index contributed by atoms with van der Waals surface area (Å²) in [6, 6.07) is 6.53. The van der Waals surface area contributed by atoms with E-state index in [9.17, 15) is 0 Å². The van der Waals surface area contributed by atoms with Crippen LogP contribution in [0.2, 0.25) is 0 Å². The van der Waals surface area contributed by atoms with Crippen LogP contribution < -0.4 is 10.1 Å². The summed E-state index contributed by atoms with van der Waals surface area (Å²) in [6.45, 7) is 8.08. The lowest BCUT2D eigenvalue weighted by Crippen LogP contribution is -2.20. The quantitative estimate of drug-likeness (QED) is 0.856. The van der Waals surface area contributed by atoms with Crippen molar-refractivity contribution in [2.45, 2.75) is 33.2 Å². The van der Waals surface area contributed by atoms with Gasteiger partial charge in [-0.05, 0) is 38.9 Å². The molecule has 1 rings (SSSR count). The number of hydrogen-bond donors (Lipinski definition) is 1. The summed E-state index contributed by atoms with van der Waals surface area (Å²) >= 11 is 3.47. The van der Waals surface area contributed by atoms with E-state index in [1.54, 1.807) is 0 Å². The van der Waals surface area contributed by atoms with Gasteiger partial charge in [-0.25, -0.2) is 0 Å². The summed E-state index contributed by atoms with van der Waals surface area (Å²) in [4.78, 5) is 0. The Hall–Kier alpha value is -0.540. The highest BCUT2D eigenvalue weighted by Crippen LogP contribution is 2.28. The fraction of sp³-hybridized carbons (Fsp3) is 0.538. The molecule has 1 unspecified atom stereocenters. The minimum atomic E-state index is 0.328. The van der Waals surface area contributed by atoms with Crippen LogP contribution in [0.25, 0.3) is 0 Å². The Labute approximate surface area is 107 Å². The second-order valence-corrected chi connectivity index (χ2v) is 4.71. The predicted molar refractivity (Wildman–Crippen MR) is 72.0 cm³/mol. The van der Waals surface area contributed by atoms with Gasteiger partial charge in [-0.3, -0.25) is 0 Å². The van der Waals surface area contributed by atoms with E-state index in [1.165, 1.54) is 5.56 Å². The number of rotatable bonds is 6. The third-order valence-electron chi connectivity index (χ3n) is 2.44. The van der Waals surface area contributed by atoms with E-state index in [-0.39, 0.29) is 0 Å². The van der Waals surface area contributed by atoms with Gasteiger partial charge in [0, 0.05) is 16.1 Å². The molecule has 2 nitrogen and oxygen atoms in total. The first kappa shape index (κ1) is 13.5. The zero-order chi connectivity index (χ0) is 12.0. The largest absolute Gasteiger partial charge is 0.493 e. The number of halogens is 1. The van der Waals surface area contributed by atoms with E-state index in [2.05, 4.69) is 47.2 Å². The third-order valence-corrected chi connectivity index (χ3v) is 2.94. The molecule has 0 aliphatic carbocycles. The number of hydrogen-bond acceptors (Lipinski definition) is 2. The van der Waals surface area contributed by atoms with Crippen LogP contribution in [0.4, 0.5) is 0 Å². The van der Waals surface area contributed by atoms with Gasteiger partial charge in [-0.1, -0.05) is 28.9 Å². The molecule has 1 aromatic carbocycles. The van der Waals surface area contributed by atoms with E-state index in [1.807, 2.05) is 13.0 Å². The Bertz CT molecular complexity index is 328. The lowest BCUT2D eigenvalue weighted by molar-refractivity contribution is 0.332. The molecule has 0 aromatic heterocycles. The standard InChI is InChI=1S/C13H20BrNO/c1-4-8-15-10(3)12-7-6-11(14)9-13(12)16-5-2/h6-7,9-10,15H,4-5,8H2,1-3H3. The lowest BCUT2D eigenvalue weighted by atomic mass is 10.1. The lowest BCUT2D eigenvalue weighted by Gasteiger charge is -2.18. The molecule has 1 atom stereocenters. The zero-order valence-corrected chi connectivity index (χ0v) is 11.8. The van der Waals surface area contributed by atoms with Gasteiger partial charge in [-0.2, -0.15) is 0 Å². The summed E-state index contributed by atoms with van der Waals surface area (Å²) in [5.41, 5.74) is 1.22. The van der Waals surface area contributed by atoms with Gasteiger partial charge in [0.05, 0.1) is 6.61 Å². The minimum Gasteiger partial charge on any atom is -0.493 e. The highest BCUT2D eigenvalue weighted by Gasteiger charge is 2.10. The van der Waals surface area contributed by atoms with Crippen LogP contribution in [-0.2, 0) is 0 Å². The summed E-state index contributed by atoms with van der Waals surface area (Å²) in [5, 5.41) is 3.47. The van der Waals surface area contributed by atoms with E-state index >= 15 is 0 Å². The van der Waals surface area contributed by atoms with Crippen molar-refractivity contribution in [3.63, 3.8) is 0 Å². The van der Waals surface area contributed by atoms with Crippen molar-refractivity contribution in [1.29, 1.82) is 0 Å². The van der Waals surface area contributed by atoms with Crippen molar-refractivity contribution >= 4 is 15.9 Å². The van der Waals surface area contributed by atoms with Crippen molar-refractivity contribution in [2.24, 2.45) is 0 Å². The molecule has 16 heavy (non-hydrogen) atoms. The molecule has 0 amide bonds. The SMILES string of the molecule is CCCNC(C)c1ccc(Br)cc1OCC. The Morgan fingerprint density at radius 3 is 2.75 bits per heavy atom. The molecule has 0 bridgehead atoms. The van der Waals surface area contributed by atoms with Crippen molar-refractivity contribution in [1.82, 2.24) is 5.32 Å². The van der Waals surface area contributed by atoms with Gasteiger partial charge < -0.3 is 10.1 Å². The summed E-state index contributed by atoms with van der Waals surface area (Å²) in [5.74, 6) is 0.966. The smallest absolute Gasteiger partial charge is 0.125 e. The molecular weight excluding hydrogens is 266 g/mol. The molecule has 0 aliphatic heterocycles. The maximum absolute atomic E-state index is 5.65. The normalized spacial score (nSPS) is 12.5. The van der Waals surface area contributed by atoms with Crippen LogP contribution in [0, 0.1) is 0 Å².